The standard InChI is InChI=1S/C6H5N3O4S.C2H7N/c7-14-6-2-1-4(8(10)11)3-5(6)9(12)13;1-3-2/h1-3H,7H2;3H,1-2H3. The lowest BCUT2D eigenvalue weighted by molar-refractivity contribution is -0.396. The molecule has 0 atom stereocenters. The van der Waals surface area contributed by atoms with Gasteiger partial charge in [0.1, 0.15) is 4.90 Å². The largest absolute Gasteiger partial charge is 0.323 e. The van der Waals surface area contributed by atoms with Gasteiger partial charge in [-0.3, -0.25) is 25.4 Å². The minimum Gasteiger partial charge on any atom is -0.323 e. The summed E-state index contributed by atoms with van der Waals surface area (Å²) in [5, 5.41) is 28.7. The molecule has 94 valence electrons. The fraction of sp³-hybridized carbons (Fsp3) is 0.250. The topological polar surface area (TPSA) is 124 Å². The number of nitro benzene ring substituents is 2. The predicted octanol–water partition coefficient (Wildman–Crippen LogP) is 1.30. The Morgan fingerprint density at radius 2 is 1.76 bits per heavy atom. The number of nitro groups is 2. The zero-order valence-corrected chi connectivity index (χ0v) is 10.1. The monoisotopic (exact) mass is 260 g/mol. The first-order valence-corrected chi connectivity index (χ1v) is 5.24. The number of nitrogens with one attached hydrogen (secondary N) is 1. The first-order valence-electron chi connectivity index (χ1n) is 4.36. The molecular weight excluding hydrogens is 248 g/mol. The van der Waals surface area contributed by atoms with Crippen LogP contribution in [-0.4, -0.2) is 23.9 Å². The van der Waals surface area contributed by atoms with Crippen molar-refractivity contribution in [2.24, 2.45) is 5.14 Å². The van der Waals surface area contributed by atoms with E-state index in [0.29, 0.717) is 11.9 Å². The van der Waals surface area contributed by atoms with Crippen LogP contribution in [0.25, 0.3) is 0 Å². The molecule has 0 spiro atoms. The SMILES string of the molecule is CNC.NSc1ccc([N+](=O)[O-])cc1[N+](=O)[O-]. The van der Waals surface area contributed by atoms with E-state index in [4.69, 9.17) is 5.14 Å². The minimum atomic E-state index is -0.706. The fourth-order valence-corrected chi connectivity index (χ4v) is 1.26. The van der Waals surface area contributed by atoms with Gasteiger partial charge in [0.2, 0.25) is 0 Å². The van der Waals surface area contributed by atoms with Crippen molar-refractivity contribution in [2.75, 3.05) is 14.1 Å². The Balaban J connectivity index is 0.000000770. The van der Waals surface area contributed by atoms with Crippen LogP contribution in [0.4, 0.5) is 11.4 Å². The molecule has 0 heterocycles. The molecule has 0 radical (unpaired) electrons. The van der Waals surface area contributed by atoms with E-state index in [1.807, 2.05) is 14.1 Å². The summed E-state index contributed by atoms with van der Waals surface area (Å²) in [6, 6.07) is 3.30. The van der Waals surface area contributed by atoms with Crippen molar-refractivity contribution < 1.29 is 9.85 Å². The summed E-state index contributed by atoms with van der Waals surface area (Å²) in [7, 11) is 3.75. The fourth-order valence-electron chi connectivity index (χ4n) is 0.862. The molecule has 1 aromatic carbocycles. The molecule has 0 fully saturated rings. The van der Waals surface area contributed by atoms with Gasteiger partial charge >= 0.3 is 0 Å². The highest BCUT2D eigenvalue weighted by Crippen LogP contribution is 2.29. The van der Waals surface area contributed by atoms with Crippen LogP contribution in [0.5, 0.6) is 0 Å². The summed E-state index contributed by atoms with van der Waals surface area (Å²) < 4.78 is 0. The van der Waals surface area contributed by atoms with Crippen molar-refractivity contribution in [1.29, 1.82) is 0 Å². The van der Waals surface area contributed by atoms with Gasteiger partial charge in [0, 0.05) is 6.07 Å². The number of hydrogen-bond donors (Lipinski definition) is 2. The van der Waals surface area contributed by atoms with Crippen LogP contribution in [0.1, 0.15) is 0 Å². The van der Waals surface area contributed by atoms with Gasteiger partial charge in [0.25, 0.3) is 11.4 Å². The van der Waals surface area contributed by atoms with Crippen LogP contribution >= 0.6 is 11.9 Å². The summed E-state index contributed by atoms with van der Waals surface area (Å²) in [5.41, 5.74) is -0.679. The van der Waals surface area contributed by atoms with Crippen LogP contribution in [0.3, 0.4) is 0 Å². The van der Waals surface area contributed by atoms with Crippen molar-refractivity contribution in [3.8, 4) is 0 Å². The zero-order chi connectivity index (χ0) is 13.4. The van der Waals surface area contributed by atoms with E-state index in [1.54, 1.807) is 0 Å². The molecule has 1 rings (SSSR count). The van der Waals surface area contributed by atoms with E-state index >= 15 is 0 Å². The summed E-state index contributed by atoms with van der Waals surface area (Å²) in [6.45, 7) is 0. The molecule has 0 aliphatic carbocycles. The van der Waals surface area contributed by atoms with E-state index in [1.165, 1.54) is 12.1 Å². The van der Waals surface area contributed by atoms with Gasteiger partial charge in [0.15, 0.2) is 0 Å². The molecular formula is C8H12N4O4S. The average Bonchev–Trinajstić information content (AvgIpc) is 2.29. The summed E-state index contributed by atoms with van der Waals surface area (Å²) in [6.07, 6.45) is 0. The molecule has 8 nitrogen and oxygen atoms in total. The number of rotatable bonds is 3. The summed E-state index contributed by atoms with van der Waals surface area (Å²) in [5.74, 6) is 0. The number of nitrogens with two attached hydrogens (primary N) is 1. The van der Waals surface area contributed by atoms with E-state index in [-0.39, 0.29) is 16.3 Å². The van der Waals surface area contributed by atoms with Crippen molar-refractivity contribution in [3.63, 3.8) is 0 Å². The Hall–Kier alpha value is -1.71. The smallest absolute Gasteiger partial charge is 0.291 e. The molecule has 0 aliphatic rings. The Morgan fingerprint density at radius 1 is 1.24 bits per heavy atom. The highest BCUT2D eigenvalue weighted by Gasteiger charge is 2.18. The molecule has 0 aromatic heterocycles. The average molecular weight is 260 g/mol. The maximum atomic E-state index is 10.5. The molecule has 3 N–H and O–H groups in total. The van der Waals surface area contributed by atoms with Gasteiger partial charge in [-0.1, -0.05) is 0 Å². The Morgan fingerprint density at radius 3 is 2.12 bits per heavy atom. The lowest BCUT2D eigenvalue weighted by atomic mass is 10.3. The minimum absolute atomic E-state index is 0.195. The van der Waals surface area contributed by atoms with E-state index in [9.17, 15) is 20.2 Å². The molecule has 0 unspecified atom stereocenters. The van der Waals surface area contributed by atoms with E-state index in [0.717, 1.165) is 6.07 Å². The van der Waals surface area contributed by atoms with Gasteiger partial charge in [0.05, 0.1) is 15.9 Å². The maximum Gasteiger partial charge on any atom is 0.291 e. The molecule has 17 heavy (non-hydrogen) atoms. The van der Waals surface area contributed by atoms with Gasteiger partial charge in [-0.05, 0) is 32.1 Å². The number of nitrogens with zero attached hydrogens (tertiary/aromatic N) is 2. The Kier molecular flexibility index (Phi) is 6.79. The molecule has 0 saturated heterocycles. The molecule has 9 heteroatoms. The summed E-state index contributed by atoms with van der Waals surface area (Å²) in [4.78, 5) is 19.6. The molecule has 0 amide bonds. The lowest BCUT2D eigenvalue weighted by Crippen LogP contribution is -1.95. The molecule has 0 aliphatic heterocycles. The highest BCUT2D eigenvalue weighted by atomic mass is 32.2. The van der Waals surface area contributed by atoms with Crippen LogP contribution in [0.15, 0.2) is 23.1 Å². The van der Waals surface area contributed by atoms with Gasteiger partial charge in [-0.15, -0.1) is 0 Å². The second-order valence-electron chi connectivity index (χ2n) is 2.78. The lowest BCUT2D eigenvalue weighted by Gasteiger charge is -1.97. The summed E-state index contributed by atoms with van der Waals surface area (Å²) >= 11 is 0.680. The van der Waals surface area contributed by atoms with Crippen LogP contribution < -0.4 is 10.5 Å². The zero-order valence-electron chi connectivity index (χ0n) is 9.25. The Labute approximate surface area is 102 Å². The normalized spacial score (nSPS) is 9.12. The molecule has 0 saturated carbocycles. The quantitative estimate of drug-likeness (QED) is 0.476. The maximum absolute atomic E-state index is 10.5. The highest BCUT2D eigenvalue weighted by molar-refractivity contribution is 7.97. The second-order valence-corrected chi connectivity index (χ2v) is 3.46. The Bertz CT molecular complexity index is 413. The van der Waals surface area contributed by atoms with E-state index < -0.39 is 9.85 Å². The first-order chi connectivity index (χ1) is 7.97. The number of hydrogen-bond acceptors (Lipinski definition) is 7. The number of non-ortho nitro benzene ring substituents is 1. The van der Waals surface area contributed by atoms with Gasteiger partial charge < -0.3 is 5.32 Å². The van der Waals surface area contributed by atoms with Crippen molar-refractivity contribution in [3.05, 3.63) is 38.4 Å². The molecule has 0 bridgehead atoms. The third-order valence-electron chi connectivity index (χ3n) is 1.48. The third-order valence-corrected chi connectivity index (χ3v) is 2.08. The van der Waals surface area contributed by atoms with Crippen LogP contribution in [0.2, 0.25) is 0 Å². The van der Waals surface area contributed by atoms with Crippen molar-refractivity contribution in [1.82, 2.24) is 5.32 Å². The van der Waals surface area contributed by atoms with E-state index in [2.05, 4.69) is 5.32 Å². The number of benzene rings is 1. The van der Waals surface area contributed by atoms with Crippen molar-refractivity contribution >= 4 is 23.3 Å². The van der Waals surface area contributed by atoms with Crippen LogP contribution in [0, 0.1) is 20.2 Å². The third kappa shape index (κ3) is 4.76. The van der Waals surface area contributed by atoms with Gasteiger partial charge in [-0.25, -0.2) is 0 Å². The first kappa shape index (κ1) is 15.3. The van der Waals surface area contributed by atoms with Gasteiger partial charge in [-0.2, -0.15) is 0 Å². The molecule has 1 aromatic rings. The van der Waals surface area contributed by atoms with Crippen LogP contribution in [-0.2, 0) is 0 Å². The van der Waals surface area contributed by atoms with Crippen molar-refractivity contribution in [2.45, 2.75) is 4.90 Å². The predicted molar refractivity (Wildman–Crippen MR) is 64.8 cm³/mol. The second kappa shape index (κ2) is 7.54.